The zero-order valence-electron chi connectivity index (χ0n) is 16.6. The van der Waals surface area contributed by atoms with E-state index in [4.69, 9.17) is 16.3 Å². The van der Waals surface area contributed by atoms with Crippen molar-refractivity contribution in [3.8, 4) is 11.1 Å². The third kappa shape index (κ3) is 3.65. The minimum absolute atomic E-state index is 0.111. The van der Waals surface area contributed by atoms with Crippen molar-refractivity contribution in [2.24, 2.45) is 0 Å². The van der Waals surface area contributed by atoms with Gasteiger partial charge in [0.1, 0.15) is 5.76 Å². The number of pyridine rings is 1. The van der Waals surface area contributed by atoms with Crippen LogP contribution in [0, 0.1) is 0 Å². The van der Waals surface area contributed by atoms with Crippen LogP contribution in [0.5, 0.6) is 0 Å². The number of nitrogens with zero attached hydrogens (tertiary/aromatic N) is 2. The molecule has 2 aliphatic rings. The molecular weight excluding hydrogens is 414 g/mol. The van der Waals surface area contributed by atoms with Gasteiger partial charge in [-0.2, -0.15) is 0 Å². The molecule has 0 saturated carbocycles. The number of aromatic nitrogens is 1. The number of carbonyl (C=O) groups is 1. The standard InChI is InChI=1S/C24H20ClN3O3/c25-20-13-21-19(22(24(30)27-21)23(29)16-2-1-7-26-14-16)12-18(20)15-3-5-17(6-4-15)28-8-10-31-11-9-28/h1-7,12-14,29H,8-11H2,(H,27,30). The van der Waals surface area contributed by atoms with Crippen LogP contribution in [0.1, 0.15) is 11.1 Å². The Morgan fingerprint density at radius 2 is 1.87 bits per heavy atom. The lowest BCUT2D eigenvalue weighted by molar-refractivity contribution is -0.110. The molecule has 0 spiro atoms. The van der Waals surface area contributed by atoms with Gasteiger partial charge in [0.2, 0.25) is 0 Å². The number of morpholine rings is 1. The van der Waals surface area contributed by atoms with E-state index in [1.54, 1.807) is 24.4 Å². The van der Waals surface area contributed by atoms with Crippen molar-refractivity contribution in [3.63, 3.8) is 0 Å². The molecule has 0 aliphatic carbocycles. The molecule has 6 nitrogen and oxygen atoms in total. The van der Waals surface area contributed by atoms with Crippen molar-refractivity contribution >= 4 is 40.2 Å². The number of aliphatic hydroxyl groups excluding tert-OH is 1. The molecule has 156 valence electrons. The van der Waals surface area contributed by atoms with Crippen LogP contribution in [0.3, 0.4) is 0 Å². The topological polar surface area (TPSA) is 74.7 Å². The normalized spacial score (nSPS) is 17.3. The van der Waals surface area contributed by atoms with E-state index in [0.29, 0.717) is 21.8 Å². The van der Waals surface area contributed by atoms with Gasteiger partial charge >= 0.3 is 0 Å². The number of hydrogen-bond acceptors (Lipinski definition) is 5. The summed E-state index contributed by atoms with van der Waals surface area (Å²) in [5.41, 5.74) is 4.75. The molecule has 1 aromatic heterocycles. The van der Waals surface area contributed by atoms with Crippen LogP contribution in [-0.4, -0.2) is 42.3 Å². The molecule has 3 heterocycles. The highest BCUT2D eigenvalue weighted by Gasteiger charge is 2.30. The third-order valence-electron chi connectivity index (χ3n) is 5.58. The van der Waals surface area contributed by atoms with Crippen LogP contribution in [0.4, 0.5) is 11.4 Å². The van der Waals surface area contributed by atoms with Gasteiger partial charge in [-0.3, -0.25) is 9.78 Å². The highest BCUT2D eigenvalue weighted by atomic mass is 35.5. The number of carbonyl (C=O) groups excluding carboxylic acids is 1. The Kier molecular flexibility index (Phi) is 5.10. The van der Waals surface area contributed by atoms with Crippen LogP contribution in [0.2, 0.25) is 5.02 Å². The van der Waals surface area contributed by atoms with E-state index >= 15 is 0 Å². The molecule has 3 aromatic rings. The van der Waals surface area contributed by atoms with Gasteiger partial charge < -0.3 is 20.1 Å². The Morgan fingerprint density at radius 1 is 1.10 bits per heavy atom. The minimum Gasteiger partial charge on any atom is -0.506 e. The number of rotatable bonds is 3. The maximum Gasteiger partial charge on any atom is 0.260 e. The molecule has 0 atom stereocenters. The van der Waals surface area contributed by atoms with Crippen molar-refractivity contribution in [1.82, 2.24) is 4.98 Å². The molecule has 1 amide bonds. The van der Waals surface area contributed by atoms with E-state index in [1.807, 2.05) is 18.2 Å². The van der Waals surface area contributed by atoms with Crippen molar-refractivity contribution in [1.29, 1.82) is 0 Å². The van der Waals surface area contributed by atoms with Crippen LogP contribution in [0.15, 0.2) is 60.9 Å². The van der Waals surface area contributed by atoms with Crippen molar-refractivity contribution in [3.05, 3.63) is 77.1 Å². The lowest BCUT2D eigenvalue weighted by Gasteiger charge is -2.29. The number of halogens is 1. The van der Waals surface area contributed by atoms with Crippen LogP contribution >= 0.6 is 11.6 Å². The summed E-state index contributed by atoms with van der Waals surface area (Å²) in [5, 5.41) is 14.1. The summed E-state index contributed by atoms with van der Waals surface area (Å²) in [6, 6.07) is 15.2. The Bertz CT molecular complexity index is 1170. The molecule has 7 heteroatoms. The second kappa shape index (κ2) is 8.06. The van der Waals surface area contributed by atoms with Crippen molar-refractivity contribution in [2.45, 2.75) is 0 Å². The van der Waals surface area contributed by atoms with E-state index < -0.39 is 0 Å². The summed E-state index contributed by atoms with van der Waals surface area (Å²) >= 11 is 6.56. The van der Waals surface area contributed by atoms with E-state index in [0.717, 1.165) is 43.1 Å². The first-order valence-electron chi connectivity index (χ1n) is 10.0. The molecule has 2 aromatic carbocycles. The number of amides is 1. The van der Waals surface area contributed by atoms with Crippen LogP contribution in [-0.2, 0) is 9.53 Å². The predicted molar refractivity (Wildman–Crippen MR) is 122 cm³/mol. The lowest BCUT2D eigenvalue weighted by Crippen LogP contribution is -2.36. The monoisotopic (exact) mass is 433 g/mol. The van der Waals surface area contributed by atoms with E-state index in [2.05, 4.69) is 27.3 Å². The van der Waals surface area contributed by atoms with E-state index in [9.17, 15) is 9.90 Å². The average molecular weight is 434 g/mol. The van der Waals surface area contributed by atoms with Gasteiger partial charge in [-0.1, -0.05) is 23.7 Å². The molecule has 31 heavy (non-hydrogen) atoms. The molecule has 1 fully saturated rings. The summed E-state index contributed by atoms with van der Waals surface area (Å²) in [6.07, 6.45) is 3.14. The first kappa shape index (κ1) is 19.6. The summed E-state index contributed by atoms with van der Waals surface area (Å²) in [4.78, 5) is 18.9. The van der Waals surface area contributed by atoms with Crippen LogP contribution in [0.25, 0.3) is 22.5 Å². The Labute approximate surface area is 184 Å². The number of aliphatic hydroxyl groups is 1. The molecule has 1 saturated heterocycles. The SMILES string of the molecule is O=C1Nc2cc(Cl)c(-c3ccc(N4CCOCC4)cc3)cc2C1=C(O)c1cccnc1. The number of hydrogen-bond donors (Lipinski definition) is 2. The lowest BCUT2D eigenvalue weighted by atomic mass is 9.97. The van der Waals surface area contributed by atoms with Crippen molar-refractivity contribution in [2.75, 3.05) is 36.5 Å². The van der Waals surface area contributed by atoms with E-state index in [-0.39, 0.29) is 17.2 Å². The fraction of sp³-hybridized carbons (Fsp3) is 0.167. The molecule has 5 rings (SSSR count). The van der Waals surface area contributed by atoms with Gasteiger partial charge in [0.15, 0.2) is 0 Å². The quantitative estimate of drug-likeness (QED) is 0.465. The second-order valence-electron chi connectivity index (χ2n) is 7.44. The molecular formula is C24H20ClN3O3. The Hall–Kier alpha value is -3.35. The molecule has 2 aliphatic heterocycles. The number of benzene rings is 2. The first-order valence-corrected chi connectivity index (χ1v) is 10.4. The maximum absolute atomic E-state index is 12.6. The highest BCUT2D eigenvalue weighted by Crippen LogP contribution is 2.42. The average Bonchev–Trinajstić information content (AvgIpc) is 3.13. The summed E-state index contributed by atoms with van der Waals surface area (Å²) in [5.74, 6) is -0.479. The predicted octanol–water partition coefficient (Wildman–Crippen LogP) is 4.62. The Morgan fingerprint density at radius 3 is 2.58 bits per heavy atom. The zero-order valence-corrected chi connectivity index (χ0v) is 17.4. The zero-order chi connectivity index (χ0) is 21.4. The van der Waals surface area contributed by atoms with Gasteiger partial charge in [-0.25, -0.2) is 0 Å². The first-order chi connectivity index (χ1) is 15.1. The summed E-state index contributed by atoms with van der Waals surface area (Å²) in [7, 11) is 0. The van der Waals surface area contributed by atoms with Gasteiger partial charge in [0, 0.05) is 47.9 Å². The molecule has 0 bridgehead atoms. The summed E-state index contributed by atoms with van der Waals surface area (Å²) in [6.45, 7) is 3.20. The van der Waals surface area contributed by atoms with Gasteiger partial charge in [-0.05, 0) is 42.0 Å². The van der Waals surface area contributed by atoms with E-state index in [1.165, 1.54) is 6.20 Å². The van der Waals surface area contributed by atoms with Gasteiger partial charge in [-0.15, -0.1) is 0 Å². The highest BCUT2D eigenvalue weighted by molar-refractivity contribution is 6.38. The molecule has 2 N–H and O–H groups in total. The van der Waals surface area contributed by atoms with Gasteiger partial charge in [0.05, 0.1) is 29.5 Å². The van der Waals surface area contributed by atoms with Crippen molar-refractivity contribution < 1.29 is 14.6 Å². The number of ether oxygens (including phenoxy) is 1. The number of fused-ring (bicyclic) bond motifs is 1. The largest absolute Gasteiger partial charge is 0.506 e. The fourth-order valence-electron chi connectivity index (χ4n) is 3.97. The maximum atomic E-state index is 12.6. The van der Waals surface area contributed by atoms with Crippen LogP contribution < -0.4 is 10.2 Å². The number of anilines is 2. The minimum atomic E-state index is -0.368. The Balaban J connectivity index is 1.54. The fourth-order valence-corrected chi connectivity index (χ4v) is 4.24. The third-order valence-corrected chi connectivity index (χ3v) is 5.89. The second-order valence-corrected chi connectivity index (χ2v) is 7.85. The molecule has 0 radical (unpaired) electrons. The van der Waals surface area contributed by atoms with Gasteiger partial charge in [0.25, 0.3) is 5.91 Å². The molecule has 0 unspecified atom stereocenters. The smallest absolute Gasteiger partial charge is 0.260 e. The number of nitrogens with one attached hydrogen (secondary N) is 1. The summed E-state index contributed by atoms with van der Waals surface area (Å²) < 4.78 is 5.42.